The molecule has 0 heterocycles. The molecule has 0 atom stereocenters. The quantitative estimate of drug-likeness (QED) is 0.742. The lowest BCUT2D eigenvalue weighted by Crippen LogP contribution is -2.07. The van der Waals surface area contributed by atoms with Gasteiger partial charge in [0.2, 0.25) is 5.91 Å². The Balaban J connectivity index is 2.57. The molecule has 4 nitrogen and oxygen atoms in total. The van der Waals surface area contributed by atoms with E-state index in [0.717, 1.165) is 5.56 Å². The van der Waals surface area contributed by atoms with Crippen LogP contribution in [0.2, 0.25) is 0 Å². The summed E-state index contributed by atoms with van der Waals surface area (Å²) in [6, 6.07) is 7.06. The number of amides is 1. The van der Waals surface area contributed by atoms with Crippen LogP contribution >= 0.6 is 0 Å². The minimum Gasteiger partial charge on any atom is -0.481 e. The van der Waals surface area contributed by atoms with Gasteiger partial charge in [0.25, 0.3) is 0 Å². The number of aliphatic carboxylic acids is 1. The van der Waals surface area contributed by atoms with Crippen LogP contribution in [0.5, 0.6) is 0 Å². The molecule has 0 aliphatic carbocycles. The first-order valence-electron chi connectivity index (χ1n) is 4.86. The van der Waals surface area contributed by atoms with Crippen molar-refractivity contribution in [3.8, 4) is 0 Å². The molecule has 0 unspecified atom stereocenters. The maximum Gasteiger partial charge on any atom is 0.303 e. The van der Waals surface area contributed by atoms with Crippen molar-refractivity contribution in [1.82, 2.24) is 0 Å². The van der Waals surface area contributed by atoms with E-state index < -0.39 is 5.97 Å². The van der Waals surface area contributed by atoms with E-state index in [9.17, 15) is 9.59 Å². The second-order valence-corrected chi connectivity index (χ2v) is 3.28. The summed E-state index contributed by atoms with van der Waals surface area (Å²) in [7, 11) is 0. The number of rotatable bonds is 5. The van der Waals surface area contributed by atoms with Crippen LogP contribution in [0, 0.1) is 0 Å². The van der Waals surface area contributed by atoms with Crippen molar-refractivity contribution in [3.05, 3.63) is 42.5 Å². The summed E-state index contributed by atoms with van der Waals surface area (Å²) in [4.78, 5) is 21.3. The van der Waals surface area contributed by atoms with Gasteiger partial charge >= 0.3 is 5.97 Å². The summed E-state index contributed by atoms with van der Waals surface area (Å²) in [5.41, 5.74) is 1.60. The fourth-order valence-corrected chi connectivity index (χ4v) is 1.20. The number of carbonyl (C=O) groups excluding carboxylic acids is 1. The minimum absolute atomic E-state index is 0.109. The fourth-order valence-electron chi connectivity index (χ4n) is 1.20. The lowest BCUT2D eigenvalue weighted by molar-refractivity contribution is -0.137. The van der Waals surface area contributed by atoms with E-state index in [1.165, 1.54) is 6.08 Å². The van der Waals surface area contributed by atoms with Gasteiger partial charge in [0.05, 0.1) is 0 Å². The number of hydrogen-bond acceptors (Lipinski definition) is 2. The fraction of sp³-hybridized carbons (Fsp3) is 0.167. The number of carboxylic acids is 1. The zero-order chi connectivity index (χ0) is 12.0. The van der Waals surface area contributed by atoms with E-state index in [2.05, 4.69) is 11.9 Å². The van der Waals surface area contributed by atoms with Crippen LogP contribution < -0.4 is 5.32 Å². The van der Waals surface area contributed by atoms with Gasteiger partial charge in [-0.2, -0.15) is 0 Å². The van der Waals surface area contributed by atoms with Crippen molar-refractivity contribution in [2.24, 2.45) is 0 Å². The van der Waals surface area contributed by atoms with Crippen LogP contribution in [0.25, 0.3) is 0 Å². The van der Waals surface area contributed by atoms with E-state index >= 15 is 0 Å². The molecule has 0 spiro atoms. The summed E-state index contributed by atoms with van der Waals surface area (Å²) >= 11 is 0. The number of nitrogens with one attached hydrogen (secondary N) is 1. The molecule has 0 bridgehead atoms. The molecule has 0 aromatic heterocycles. The zero-order valence-corrected chi connectivity index (χ0v) is 8.77. The normalized spacial score (nSPS) is 9.50. The number of aryl methyl sites for hydroxylation is 1. The molecule has 1 amide bonds. The van der Waals surface area contributed by atoms with Gasteiger partial charge < -0.3 is 10.4 Å². The zero-order valence-electron chi connectivity index (χ0n) is 8.77. The summed E-state index contributed by atoms with van der Waals surface area (Å²) in [5.74, 6) is -1.08. The maximum absolute atomic E-state index is 11.0. The van der Waals surface area contributed by atoms with Gasteiger partial charge in [0, 0.05) is 12.1 Å². The standard InChI is InChI=1S/C12H13NO3/c1-2-11(14)13-10-6-3-9(4-7-10)5-8-12(15)16/h2-4,6-7H,1,5,8H2,(H,13,14)(H,15,16). The van der Waals surface area contributed by atoms with Gasteiger partial charge in [0.15, 0.2) is 0 Å². The number of benzene rings is 1. The van der Waals surface area contributed by atoms with Crippen LogP contribution in [0.3, 0.4) is 0 Å². The highest BCUT2D eigenvalue weighted by Crippen LogP contribution is 2.11. The number of anilines is 1. The molecule has 1 aromatic rings. The Kier molecular flexibility index (Phi) is 4.27. The van der Waals surface area contributed by atoms with E-state index in [-0.39, 0.29) is 12.3 Å². The van der Waals surface area contributed by atoms with Crippen molar-refractivity contribution in [2.75, 3.05) is 5.32 Å². The third-order valence-electron chi connectivity index (χ3n) is 2.03. The Morgan fingerprint density at radius 1 is 1.31 bits per heavy atom. The number of hydrogen-bond donors (Lipinski definition) is 2. The second kappa shape index (κ2) is 5.70. The van der Waals surface area contributed by atoms with Gasteiger partial charge in [-0.05, 0) is 30.2 Å². The molecule has 1 rings (SSSR count). The summed E-state index contributed by atoms with van der Waals surface area (Å²) in [5, 5.41) is 11.1. The molecule has 4 heteroatoms. The van der Waals surface area contributed by atoms with E-state index in [1.807, 2.05) is 0 Å². The predicted octanol–water partition coefficient (Wildman–Crippen LogP) is 1.83. The molecular weight excluding hydrogens is 206 g/mol. The number of carbonyl (C=O) groups is 2. The first kappa shape index (κ1) is 12.0. The first-order chi connectivity index (χ1) is 7.61. The molecular formula is C12H13NO3. The summed E-state index contributed by atoms with van der Waals surface area (Å²) in [6.45, 7) is 3.35. The Morgan fingerprint density at radius 2 is 1.94 bits per heavy atom. The summed E-state index contributed by atoms with van der Waals surface area (Å²) in [6.07, 6.45) is 1.79. The highest BCUT2D eigenvalue weighted by Gasteiger charge is 2.00. The maximum atomic E-state index is 11.0. The van der Waals surface area contributed by atoms with E-state index in [1.54, 1.807) is 24.3 Å². The Morgan fingerprint density at radius 3 is 2.44 bits per heavy atom. The molecule has 2 N–H and O–H groups in total. The van der Waals surface area contributed by atoms with Crippen LogP contribution in [0.15, 0.2) is 36.9 Å². The molecule has 16 heavy (non-hydrogen) atoms. The van der Waals surface area contributed by atoms with Crippen molar-refractivity contribution < 1.29 is 14.7 Å². The summed E-state index contributed by atoms with van der Waals surface area (Å²) < 4.78 is 0. The topological polar surface area (TPSA) is 66.4 Å². The lowest BCUT2D eigenvalue weighted by atomic mass is 10.1. The van der Waals surface area contributed by atoms with Gasteiger partial charge in [0.1, 0.15) is 0 Å². The van der Waals surface area contributed by atoms with Gasteiger partial charge in [-0.3, -0.25) is 9.59 Å². The predicted molar refractivity (Wildman–Crippen MR) is 61.2 cm³/mol. The molecule has 0 fully saturated rings. The van der Waals surface area contributed by atoms with Crippen LogP contribution in [0.4, 0.5) is 5.69 Å². The van der Waals surface area contributed by atoms with Gasteiger partial charge in [-0.1, -0.05) is 18.7 Å². The van der Waals surface area contributed by atoms with E-state index in [0.29, 0.717) is 12.1 Å². The smallest absolute Gasteiger partial charge is 0.303 e. The van der Waals surface area contributed by atoms with Gasteiger partial charge in [-0.15, -0.1) is 0 Å². The Hall–Kier alpha value is -2.10. The third kappa shape index (κ3) is 3.96. The molecule has 1 aromatic carbocycles. The van der Waals surface area contributed by atoms with Crippen molar-refractivity contribution in [1.29, 1.82) is 0 Å². The highest BCUT2D eigenvalue weighted by atomic mass is 16.4. The molecule has 0 radical (unpaired) electrons. The minimum atomic E-state index is -0.816. The molecule has 0 saturated heterocycles. The molecule has 0 saturated carbocycles. The SMILES string of the molecule is C=CC(=O)Nc1ccc(CCC(=O)O)cc1. The largest absolute Gasteiger partial charge is 0.481 e. The molecule has 84 valence electrons. The third-order valence-corrected chi connectivity index (χ3v) is 2.03. The van der Waals surface area contributed by atoms with E-state index in [4.69, 9.17) is 5.11 Å². The average molecular weight is 219 g/mol. The van der Waals surface area contributed by atoms with Crippen molar-refractivity contribution >= 4 is 17.6 Å². The van der Waals surface area contributed by atoms with Gasteiger partial charge in [-0.25, -0.2) is 0 Å². The average Bonchev–Trinajstić information content (AvgIpc) is 2.28. The second-order valence-electron chi connectivity index (χ2n) is 3.28. The molecule has 0 aliphatic heterocycles. The van der Waals surface area contributed by atoms with Crippen molar-refractivity contribution in [2.45, 2.75) is 12.8 Å². The van der Waals surface area contributed by atoms with Crippen molar-refractivity contribution in [3.63, 3.8) is 0 Å². The number of carboxylic acid groups (broad SMARTS) is 1. The lowest BCUT2D eigenvalue weighted by Gasteiger charge is -2.03. The Labute approximate surface area is 93.6 Å². The molecule has 0 aliphatic rings. The Bertz CT molecular complexity index is 395. The highest BCUT2D eigenvalue weighted by molar-refractivity contribution is 5.98. The van der Waals surface area contributed by atoms with Crippen LogP contribution in [-0.2, 0) is 16.0 Å². The van der Waals surface area contributed by atoms with Crippen LogP contribution in [0.1, 0.15) is 12.0 Å². The van der Waals surface area contributed by atoms with Crippen LogP contribution in [-0.4, -0.2) is 17.0 Å². The monoisotopic (exact) mass is 219 g/mol. The first-order valence-corrected chi connectivity index (χ1v) is 4.86.